The Morgan fingerprint density at radius 3 is 2.62 bits per heavy atom. The molecule has 0 saturated carbocycles. The van der Waals surface area contributed by atoms with Crippen molar-refractivity contribution in [2.45, 2.75) is 58.2 Å². The van der Waals surface area contributed by atoms with Crippen LogP contribution in [0.4, 0.5) is 0 Å². The Kier molecular flexibility index (Phi) is 6.31. The fraction of sp³-hybridized carbons (Fsp3) is 1.00. The van der Waals surface area contributed by atoms with Gasteiger partial charge < -0.3 is 4.74 Å². The summed E-state index contributed by atoms with van der Waals surface area (Å²) in [5.74, 6) is 0.122. The summed E-state index contributed by atoms with van der Waals surface area (Å²) in [6, 6.07) is 0. The number of rotatable bonds is 8. The summed E-state index contributed by atoms with van der Waals surface area (Å²) in [4.78, 5) is 0. The van der Waals surface area contributed by atoms with E-state index in [1.54, 1.807) is 0 Å². The number of ether oxygens (including phenoxy) is 1. The molecule has 0 bridgehead atoms. The third-order valence-corrected chi connectivity index (χ3v) is 3.94. The summed E-state index contributed by atoms with van der Waals surface area (Å²) in [6.45, 7) is 2.74. The van der Waals surface area contributed by atoms with E-state index in [1.165, 1.54) is 12.8 Å². The molecule has 0 aliphatic carbocycles. The smallest absolute Gasteiger partial charge is 0.269 e. The van der Waals surface area contributed by atoms with E-state index in [4.69, 9.17) is 8.92 Å². The summed E-state index contributed by atoms with van der Waals surface area (Å²) < 4.78 is 33.1. The molecule has 1 aliphatic heterocycles. The second-order valence-corrected chi connectivity index (χ2v) is 5.93. The lowest BCUT2D eigenvalue weighted by Crippen LogP contribution is -2.19. The average Bonchev–Trinajstić information content (AvgIpc) is 2.69. The Morgan fingerprint density at radius 1 is 1.25 bits per heavy atom. The van der Waals surface area contributed by atoms with Gasteiger partial charge in [0.2, 0.25) is 0 Å². The van der Waals surface area contributed by atoms with Crippen molar-refractivity contribution in [2.75, 3.05) is 12.4 Å². The van der Waals surface area contributed by atoms with Crippen molar-refractivity contribution in [1.29, 1.82) is 0 Å². The van der Waals surface area contributed by atoms with E-state index in [0.29, 0.717) is 19.4 Å². The van der Waals surface area contributed by atoms with E-state index in [1.807, 2.05) is 0 Å². The van der Waals surface area contributed by atoms with Crippen LogP contribution < -0.4 is 0 Å². The molecule has 0 N–H and O–H groups in total. The van der Waals surface area contributed by atoms with Gasteiger partial charge in [0.25, 0.3) is 10.1 Å². The Balaban J connectivity index is 2.13. The van der Waals surface area contributed by atoms with Crippen LogP contribution in [0.15, 0.2) is 0 Å². The maximum absolute atomic E-state index is 11.5. The highest BCUT2D eigenvalue weighted by Crippen LogP contribution is 2.16. The molecule has 0 spiro atoms. The Hall–Kier alpha value is -0.130. The predicted octanol–water partition coefficient (Wildman–Crippen LogP) is 2.44. The normalized spacial score (nSPS) is 21.4. The molecule has 5 heteroatoms. The van der Waals surface area contributed by atoms with Crippen molar-refractivity contribution in [3.63, 3.8) is 0 Å². The minimum absolute atomic E-state index is 0.122. The molecule has 16 heavy (non-hydrogen) atoms. The van der Waals surface area contributed by atoms with E-state index >= 15 is 0 Å². The summed E-state index contributed by atoms with van der Waals surface area (Å²) in [5, 5.41) is 0. The summed E-state index contributed by atoms with van der Waals surface area (Å²) in [5.41, 5.74) is 0. The SMILES string of the molecule is CCCCCCCS(=O)(=O)OC1CCCO1. The van der Waals surface area contributed by atoms with Crippen LogP contribution in [0.2, 0.25) is 0 Å². The summed E-state index contributed by atoms with van der Waals surface area (Å²) in [6.07, 6.45) is 6.14. The lowest BCUT2D eigenvalue weighted by atomic mass is 10.2. The first kappa shape index (κ1) is 13.9. The zero-order valence-electron chi connectivity index (χ0n) is 9.98. The van der Waals surface area contributed by atoms with Gasteiger partial charge in [0, 0.05) is 13.0 Å². The number of unbranched alkanes of at least 4 members (excludes halogenated alkanes) is 4. The minimum atomic E-state index is -3.38. The number of hydrogen-bond donors (Lipinski definition) is 0. The van der Waals surface area contributed by atoms with Crippen molar-refractivity contribution in [2.24, 2.45) is 0 Å². The zero-order chi connectivity index (χ0) is 11.9. The molecule has 0 aromatic rings. The molecule has 0 amide bonds. The maximum Gasteiger partial charge on any atom is 0.269 e. The van der Waals surface area contributed by atoms with Gasteiger partial charge in [-0.1, -0.05) is 32.6 Å². The molecule has 4 nitrogen and oxygen atoms in total. The zero-order valence-corrected chi connectivity index (χ0v) is 10.8. The molecule has 1 heterocycles. The van der Waals surface area contributed by atoms with Gasteiger partial charge in [0.05, 0.1) is 5.75 Å². The van der Waals surface area contributed by atoms with Crippen LogP contribution in [-0.2, 0) is 19.0 Å². The highest BCUT2D eigenvalue weighted by Gasteiger charge is 2.23. The van der Waals surface area contributed by atoms with E-state index in [9.17, 15) is 8.42 Å². The highest BCUT2D eigenvalue weighted by atomic mass is 32.2. The van der Waals surface area contributed by atoms with Crippen LogP contribution >= 0.6 is 0 Å². The molecule has 96 valence electrons. The molecular weight excluding hydrogens is 228 g/mol. The van der Waals surface area contributed by atoms with Crippen molar-refractivity contribution in [1.82, 2.24) is 0 Å². The molecule has 1 rings (SSSR count). The lowest BCUT2D eigenvalue weighted by molar-refractivity contribution is -0.0344. The molecule has 1 atom stereocenters. The quantitative estimate of drug-likeness (QED) is 0.490. The molecular formula is C11H22O4S. The second-order valence-electron chi connectivity index (χ2n) is 4.21. The van der Waals surface area contributed by atoms with Crippen molar-refractivity contribution < 1.29 is 17.3 Å². The van der Waals surface area contributed by atoms with Gasteiger partial charge in [-0.05, 0) is 12.8 Å². The van der Waals surface area contributed by atoms with Gasteiger partial charge in [-0.25, -0.2) is 4.18 Å². The van der Waals surface area contributed by atoms with Crippen LogP contribution in [0.5, 0.6) is 0 Å². The largest absolute Gasteiger partial charge is 0.351 e. The van der Waals surface area contributed by atoms with E-state index < -0.39 is 16.4 Å². The van der Waals surface area contributed by atoms with Crippen LogP contribution in [0.3, 0.4) is 0 Å². The third kappa shape index (κ3) is 5.82. The maximum atomic E-state index is 11.5. The molecule has 1 saturated heterocycles. The van der Waals surface area contributed by atoms with Crippen LogP contribution in [0, 0.1) is 0 Å². The van der Waals surface area contributed by atoms with Gasteiger partial charge in [-0.2, -0.15) is 8.42 Å². The Bertz CT molecular complexity index is 268. The van der Waals surface area contributed by atoms with Crippen molar-refractivity contribution in [3.8, 4) is 0 Å². The van der Waals surface area contributed by atoms with Gasteiger partial charge >= 0.3 is 0 Å². The Labute approximate surface area is 98.4 Å². The van der Waals surface area contributed by atoms with E-state index in [-0.39, 0.29) is 5.75 Å². The molecule has 1 aliphatic rings. The molecule has 0 aromatic heterocycles. The summed E-state index contributed by atoms with van der Waals surface area (Å²) >= 11 is 0. The molecule has 0 aromatic carbocycles. The monoisotopic (exact) mass is 250 g/mol. The average molecular weight is 250 g/mol. The first-order valence-corrected chi connectivity index (χ1v) is 7.74. The fourth-order valence-corrected chi connectivity index (χ4v) is 2.85. The van der Waals surface area contributed by atoms with Gasteiger partial charge in [0.1, 0.15) is 0 Å². The van der Waals surface area contributed by atoms with Crippen LogP contribution in [0.1, 0.15) is 51.9 Å². The molecule has 1 unspecified atom stereocenters. The molecule has 1 fully saturated rings. The van der Waals surface area contributed by atoms with Crippen LogP contribution in [0.25, 0.3) is 0 Å². The van der Waals surface area contributed by atoms with Gasteiger partial charge in [-0.3, -0.25) is 0 Å². The van der Waals surface area contributed by atoms with Gasteiger partial charge in [0.15, 0.2) is 6.29 Å². The van der Waals surface area contributed by atoms with Crippen molar-refractivity contribution in [3.05, 3.63) is 0 Å². The first-order valence-electron chi connectivity index (χ1n) is 6.16. The lowest BCUT2D eigenvalue weighted by Gasteiger charge is -2.10. The third-order valence-electron chi connectivity index (χ3n) is 2.64. The molecule has 0 radical (unpaired) electrons. The topological polar surface area (TPSA) is 52.6 Å². The van der Waals surface area contributed by atoms with E-state index in [2.05, 4.69) is 6.92 Å². The second kappa shape index (κ2) is 7.25. The standard InChI is InChI=1S/C11H22O4S/c1-2-3-4-5-6-10-16(12,13)15-11-8-7-9-14-11/h11H,2-10H2,1H3. The highest BCUT2D eigenvalue weighted by molar-refractivity contribution is 7.86. The van der Waals surface area contributed by atoms with Crippen LogP contribution in [-0.4, -0.2) is 27.1 Å². The first-order chi connectivity index (χ1) is 7.64. The van der Waals surface area contributed by atoms with E-state index in [0.717, 1.165) is 19.3 Å². The van der Waals surface area contributed by atoms with Crippen molar-refractivity contribution >= 4 is 10.1 Å². The minimum Gasteiger partial charge on any atom is -0.351 e. The van der Waals surface area contributed by atoms with Gasteiger partial charge in [-0.15, -0.1) is 0 Å². The predicted molar refractivity (Wildman–Crippen MR) is 62.6 cm³/mol. The Morgan fingerprint density at radius 2 is 2.00 bits per heavy atom. The fourth-order valence-electron chi connectivity index (χ4n) is 1.72. The number of hydrogen-bond acceptors (Lipinski definition) is 4. The summed E-state index contributed by atoms with van der Waals surface area (Å²) in [7, 11) is -3.38.